The van der Waals surface area contributed by atoms with E-state index in [0.717, 1.165) is 24.0 Å². The first kappa shape index (κ1) is 13.9. The molecule has 106 valence electrons. The van der Waals surface area contributed by atoms with Crippen molar-refractivity contribution < 1.29 is 0 Å². The molecule has 1 aliphatic carbocycles. The van der Waals surface area contributed by atoms with E-state index in [2.05, 4.69) is 24.5 Å². The SMILES string of the molecule is CC1CCN(CCc2nc(C3CC3)c(CS)s2)CC1. The first-order chi connectivity index (χ1) is 9.26. The minimum atomic E-state index is 0.767. The van der Waals surface area contributed by atoms with Crippen molar-refractivity contribution in [1.29, 1.82) is 0 Å². The van der Waals surface area contributed by atoms with Gasteiger partial charge in [-0.3, -0.25) is 0 Å². The lowest BCUT2D eigenvalue weighted by molar-refractivity contribution is 0.194. The third-order valence-corrected chi connectivity index (χ3v) is 6.06. The second-order valence-electron chi connectivity index (χ2n) is 6.12. The van der Waals surface area contributed by atoms with Gasteiger partial charge in [0.05, 0.1) is 10.7 Å². The zero-order valence-electron chi connectivity index (χ0n) is 11.8. The lowest BCUT2D eigenvalue weighted by Crippen LogP contribution is -2.34. The zero-order chi connectivity index (χ0) is 13.2. The minimum absolute atomic E-state index is 0.767. The molecule has 4 heteroatoms. The predicted molar refractivity (Wildman–Crippen MR) is 85.3 cm³/mol. The van der Waals surface area contributed by atoms with Crippen LogP contribution in [0.5, 0.6) is 0 Å². The van der Waals surface area contributed by atoms with E-state index < -0.39 is 0 Å². The van der Waals surface area contributed by atoms with Gasteiger partial charge in [-0.2, -0.15) is 12.6 Å². The standard InChI is InChI=1S/C15H24N2S2/c1-11-4-7-17(8-5-11)9-6-14-16-15(12-2-3-12)13(10-18)19-14/h11-12,18H,2-10H2,1H3. The number of nitrogens with zero attached hydrogens (tertiary/aromatic N) is 2. The molecular formula is C15H24N2S2. The van der Waals surface area contributed by atoms with Gasteiger partial charge in [0.1, 0.15) is 0 Å². The number of piperidine rings is 1. The van der Waals surface area contributed by atoms with E-state index in [9.17, 15) is 0 Å². The number of hydrogen-bond acceptors (Lipinski definition) is 4. The first-order valence-electron chi connectivity index (χ1n) is 7.58. The fourth-order valence-electron chi connectivity index (χ4n) is 2.85. The van der Waals surface area contributed by atoms with Crippen LogP contribution in [0.4, 0.5) is 0 Å². The monoisotopic (exact) mass is 296 g/mol. The highest BCUT2D eigenvalue weighted by Crippen LogP contribution is 2.43. The molecular weight excluding hydrogens is 272 g/mol. The van der Waals surface area contributed by atoms with Crippen molar-refractivity contribution in [2.75, 3.05) is 19.6 Å². The van der Waals surface area contributed by atoms with Gasteiger partial charge in [0.25, 0.3) is 0 Å². The van der Waals surface area contributed by atoms with Gasteiger partial charge in [0.15, 0.2) is 0 Å². The van der Waals surface area contributed by atoms with Gasteiger partial charge >= 0.3 is 0 Å². The van der Waals surface area contributed by atoms with Crippen LogP contribution in [0.1, 0.15) is 54.1 Å². The molecule has 0 unspecified atom stereocenters. The molecule has 19 heavy (non-hydrogen) atoms. The van der Waals surface area contributed by atoms with Crippen LogP contribution in [0.2, 0.25) is 0 Å². The zero-order valence-corrected chi connectivity index (χ0v) is 13.5. The molecule has 0 bridgehead atoms. The molecule has 2 fully saturated rings. The summed E-state index contributed by atoms with van der Waals surface area (Å²) in [6.07, 6.45) is 6.55. The lowest BCUT2D eigenvalue weighted by atomic mass is 9.99. The van der Waals surface area contributed by atoms with E-state index in [1.54, 1.807) is 0 Å². The molecule has 1 saturated carbocycles. The third-order valence-electron chi connectivity index (χ3n) is 4.40. The van der Waals surface area contributed by atoms with Crippen LogP contribution in [0.15, 0.2) is 0 Å². The van der Waals surface area contributed by atoms with E-state index in [4.69, 9.17) is 4.98 Å². The summed E-state index contributed by atoms with van der Waals surface area (Å²) in [4.78, 5) is 8.92. The Morgan fingerprint density at radius 1 is 1.26 bits per heavy atom. The van der Waals surface area contributed by atoms with Crippen LogP contribution >= 0.6 is 24.0 Å². The van der Waals surface area contributed by atoms with Gasteiger partial charge in [0.2, 0.25) is 0 Å². The van der Waals surface area contributed by atoms with Crippen LogP contribution in [-0.4, -0.2) is 29.5 Å². The Bertz CT molecular complexity index is 418. The summed E-state index contributed by atoms with van der Waals surface area (Å²) in [6.45, 7) is 6.12. The normalized spacial score (nSPS) is 22.0. The van der Waals surface area contributed by atoms with Crippen LogP contribution < -0.4 is 0 Å². The highest BCUT2D eigenvalue weighted by molar-refractivity contribution is 7.79. The number of rotatable bonds is 5. The summed E-state index contributed by atoms with van der Waals surface area (Å²) in [7, 11) is 0. The van der Waals surface area contributed by atoms with Gasteiger partial charge in [-0.05, 0) is 44.7 Å². The van der Waals surface area contributed by atoms with Gasteiger partial charge in [-0.1, -0.05) is 6.92 Å². The van der Waals surface area contributed by atoms with Crippen molar-refractivity contribution in [2.24, 2.45) is 5.92 Å². The molecule has 1 aliphatic heterocycles. The minimum Gasteiger partial charge on any atom is -0.303 e. The molecule has 2 aliphatic rings. The Morgan fingerprint density at radius 3 is 2.63 bits per heavy atom. The summed E-state index contributed by atoms with van der Waals surface area (Å²) < 4.78 is 0. The Morgan fingerprint density at radius 2 is 2.00 bits per heavy atom. The topological polar surface area (TPSA) is 16.1 Å². The van der Waals surface area contributed by atoms with Crippen LogP contribution in [0, 0.1) is 5.92 Å². The molecule has 0 spiro atoms. The number of aromatic nitrogens is 1. The van der Waals surface area contributed by atoms with Gasteiger partial charge < -0.3 is 4.90 Å². The second-order valence-corrected chi connectivity index (χ2v) is 7.61. The average Bonchev–Trinajstić information content (AvgIpc) is 3.19. The van der Waals surface area contributed by atoms with Crippen molar-refractivity contribution in [1.82, 2.24) is 9.88 Å². The number of likely N-dealkylation sites (tertiary alicyclic amines) is 1. The molecule has 0 aromatic carbocycles. The second kappa shape index (κ2) is 6.15. The third kappa shape index (κ3) is 3.53. The van der Waals surface area contributed by atoms with Crippen molar-refractivity contribution in [3.8, 4) is 0 Å². The smallest absolute Gasteiger partial charge is 0.0944 e. The Labute approximate surface area is 126 Å². The summed E-state index contributed by atoms with van der Waals surface area (Å²) in [5.74, 6) is 2.56. The molecule has 0 atom stereocenters. The molecule has 1 aromatic heterocycles. The molecule has 0 N–H and O–H groups in total. The van der Waals surface area contributed by atoms with Crippen molar-refractivity contribution in [3.63, 3.8) is 0 Å². The van der Waals surface area contributed by atoms with E-state index >= 15 is 0 Å². The Hall–Kier alpha value is -0.0600. The first-order valence-corrected chi connectivity index (χ1v) is 9.03. The van der Waals surface area contributed by atoms with E-state index in [1.807, 2.05) is 11.3 Å². The Kier molecular flexibility index (Phi) is 4.50. The van der Waals surface area contributed by atoms with Crippen LogP contribution in [0.3, 0.4) is 0 Å². The van der Waals surface area contributed by atoms with E-state index in [0.29, 0.717) is 0 Å². The highest BCUT2D eigenvalue weighted by Gasteiger charge is 2.29. The average molecular weight is 297 g/mol. The van der Waals surface area contributed by atoms with E-state index in [1.165, 1.54) is 60.9 Å². The van der Waals surface area contributed by atoms with Crippen molar-refractivity contribution in [2.45, 2.75) is 50.7 Å². The number of thiol groups is 1. The maximum Gasteiger partial charge on any atom is 0.0944 e. The fourth-order valence-corrected chi connectivity index (χ4v) is 4.21. The van der Waals surface area contributed by atoms with E-state index in [-0.39, 0.29) is 0 Å². The Balaban J connectivity index is 1.55. The summed E-state index contributed by atoms with van der Waals surface area (Å²) >= 11 is 6.36. The van der Waals surface area contributed by atoms with Crippen molar-refractivity contribution >= 4 is 24.0 Å². The predicted octanol–water partition coefficient (Wildman–Crippen LogP) is 3.72. The lowest BCUT2D eigenvalue weighted by Gasteiger charge is -2.29. The fraction of sp³-hybridized carbons (Fsp3) is 0.800. The summed E-state index contributed by atoms with van der Waals surface area (Å²) in [5, 5.41) is 1.34. The molecule has 0 radical (unpaired) electrons. The van der Waals surface area contributed by atoms with Crippen LogP contribution in [-0.2, 0) is 12.2 Å². The quantitative estimate of drug-likeness (QED) is 0.834. The van der Waals surface area contributed by atoms with Crippen molar-refractivity contribution in [3.05, 3.63) is 15.6 Å². The largest absolute Gasteiger partial charge is 0.303 e. The molecule has 1 aromatic rings. The summed E-state index contributed by atoms with van der Waals surface area (Å²) in [6, 6.07) is 0. The molecule has 0 amide bonds. The highest BCUT2D eigenvalue weighted by atomic mass is 32.1. The molecule has 1 saturated heterocycles. The van der Waals surface area contributed by atoms with Gasteiger partial charge in [-0.15, -0.1) is 11.3 Å². The molecule has 2 nitrogen and oxygen atoms in total. The van der Waals surface area contributed by atoms with Crippen LogP contribution in [0.25, 0.3) is 0 Å². The van der Waals surface area contributed by atoms with Gasteiger partial charge in [-0.25, -0.2) is 4.98 Å². The molecule has 2 heterocycles. The number of thiazole rings is 1. The summed E-state index contributed by atoms with van der Waals surface area (Å²) in [5.41, 5.74) is 1.38. The maximum absolute atomic E-state index is 4.89. The number of hydrogen-bond donors (Lipinski definition) is 1. The maximum atomic E-state index is 4.89. The van der Waals surface area contributed by atoms with Gasteiger partial charge in [0, 0.05) is 29.5 Å². The molecule has 3 rings (SSSR count).